The first-order chi connectivity index (χ1) is 15.8. The average Bonchev–Trinajstić information content (AvgIpc) is 3.50. The van der Waals surface area contributed by atoms with Crippen LogP contribution in [0.2, 0.25) is 0 Å². The molecule has 2 aliphatic rings. The fourth-order valence-corrected chi connectivity index (χ4v) is 3.84. The van der Waals surface area contributed by atoms with Crippen LogP contribution in [0.4, 0.5) is 0 Å². The van der Waals surface area contributed by atoms with Crippen molar-refractivity contribution in [3.63, 3.8) is 0 Å². The van der Waals surface area contributed by atoms with Gasteiger partial charge in [0.1, 0.15) is 5.65 Å². The zero-order valence-electron chi connectivity index (χ0n) is 18.7. The maximum atomic E-state index is 13.3. The molecule has 0 bridgehead atoms. The van der Waals surface area contributed by atoms with Crippen LogP contribution >= 0.6 is 0 Å². The maximum absolute atomic E-state index is 13.3. The molecular weight excluding hydrogens is 430 g/mol. The van der Waals surface area contributed by atoms with Gasteiger partial charge >= 0.3 is 0 Å². The normalized spacial score (nSPS) is 19.0. The summed E-state index contributed by atoms with van der Waals surface area (Å²) in [6, 6.07) is 0.0262. The molecule has 3 N–H and O–H groups in total. The minimum Gasteiger partial charge on any atom is -0.492 e. The van der Waals surface area contributed by atoms with Crippen LogP contribution in [0.3, 0.4) is 0 Å². The molecule has 1 saturated heterocycles. The van der Waals surface area contributed by atoms with E-state index in [1.807, 2.05) is 13.8 Å². The van der Waals surface area contributed by atoms with E-state index in [0.717, 1.165) is 17.4 Å². The van der Waals surface area contributed by atoms with E-state index in [9.17, 15) is 24.6 Å². The van der Waals surface area contributed by atoms with Crippen LogP contribution in [0.1, 0.15) is 42.6 Å². The van der Waals surface area contributed by atoms with E-state index >= 15 is 0 Å². The number of amides is 2. The van der Waals surface area contributed by atoms with Gasteiger partial charge in [0, 0.05) is 37.3 Å². The van der Waals surface area contributed by atoms with E-state index in [2.05, 4.69) is 10.4 Å². The first kappa shape index (κ1) is 23.0. The third-order valence-corrected chi connectivity index (χ3v) is 5.66. The fraction of sp³-hybridized carbons (Fsp3) is 0.545. The van der Waals surface area contributed by atoms with Gasteiger partial charge in [-0.3, -0.25) is 19.0 Å². The second-order valence-corrected chi connectivity index (χ2v) is 8.88. The van der Waals surface area contributed by atoms with Crippen molar-refractivity contribution >= 4 is 23.5 Å². The number of ether oxygens (including phenoxy) is 1. The van der Waals surface area contributed by atoms with Crippen molar-refractivity contribution in [2.45, 2.75) is 45.4 Å². The number of fused-ring (bicyclic) bond motifs is 1. The lowest BCUT2D eigenvalue weighted by atomic mass is 10.2. The van der Waals surface area contributed by atoms with Gasteiger partial charge in [-0.1, -0.05) is 13.8 Å². The number of nitrogens with one attached hydrogen (secondary N) is 1. The number of carbonyl (C=O) groups excluding carboxylic acids is 2. The monoisotopic (exact) mass is 459 g/mol. The van der Waals surface area contributed by atoms with E-state index in [0.29, 0.717) is 30.9 Å². The van der Waals surface area contributed by atoms with Crippen molar-refractivity contribution in [1.82, 2.24) is 24.4 Å². The largest absolute Gasteiger partial charge is 0.492 e. The first-order valence-corrected chi connectivity index (χ1v) is 11.1. The molecule has 0 aromatic carbocycles. The molecule has 1 aliphatic carbocycles. The van der Waals surface area contributed by atoms with Crippen molar-refractivity contribution < 1.29 is 24.5 Å². The zero-order valence-corrected chi connectivity index (χ0v) is 18.7. The third kappa shape index (κ3) is 4.79. The predicted molar refractivity (Wildman–Crippen MR) is 119 cm³/mol. The van der Waals surface area contributed by atoms with E-state index in [4.69, 9.17) is 4.74 Å². The molecule has 178 valence electrons. The Hall–Kier alpha value is -3.18. The molecule has 4 rings (SSSR count). The highest BCUT2D eigenvalue weighted by molar-refractivity contribution is 5.97. The second-order valence-electron chi connectivity index (χ2n) is 8.88. The molecule has 0 radical (unpaired) electrons. The molecule has 2 fully saturated rings. The van der Waals surface area contributed by atoms with Crippen LogP contribution in [0.25, 0.3) is 11.7 Å². The number of rotatable bonds is 7. The number of nitrogens with zero attached hydrogens (tertiary/aromatic N) is 4. The summed E-state index contributed by atoms with van der Waals surface area (Å²) >= 11 is 0. The SMILES string of the molecule is CC(C)Cn1c(=O)c(C(=O)NC2CC2)c(O)n2ncc(/C=C/C(=O)N3CCO[C@H](CO)C3)c12. The second kappa shape index (κ2) is 9.36. The summed E-state index contributed by atoms with van der Waals surface area (Å²) in [6.07, 6.45) is 5.62. The van der Waals surface area contributed by atoms with Crippen LogP contribution in [0, 0.1) is 5.92 Å². The minimum atomic E-state index is -0.618. The molecular formula is C22H29N5O6. The number of carbonyl (C=O) groups is 2. The molecule has 1 atom stereocenters. The van der Waals surface area contributed by atoms with Gasteiger partial charge in [0.05, 0.1) is 25.5 Å². The van der Waals surface area contributed by atoms with E-state index < -0.39 is 23.5 Å². The Morgan fingerprint density at radius 2 is 2.12 bits per heavy atom. The van der Waals surface area contributed by atoms with Crippen LogP contribution in [0.15, 0.2) is 17.1 Å². The van der Waals surface area contributed by atoms with Gasteiger partial charge in [-0.05, 0) is 24.8 Å². The van der Waals surface area contributed by atoms with Gasteiger partial charge in [-0.15, -0.1) is 0 Å². The number of aromatic nitrogens is 3. The van der Waals surface area contributed by atoms with Crippen molar-refractivity contribution in [3.05, 3.63) is 33.8 Å². The summed E-state index contributed by atoms with van der Waals surface area (Å²) in [7, 11) is 0. The number of hydrogen-bond donors (Lipinski definition) is 3. The Labute approximate surface area is 190 Å². The van der Waals surface area contributed by atoms with Gasteiger partial charge in [0.15, 0.2) is 5.56 Å². The van der Waals surface area contributed by atoms with Crippen LogP contribution in [-0.4, -0.2) is 79.6 Å². The van der Waals surface area contributed by atoms with E-state index in [1.54, 1.807) is 4.90 Å². The van der Waals surface area contributed by atoms with Gasteiger partial charge in [-0.25, -0.2) is 0 Å². The van der Waals surface area contributed by atoms with E-state index in [1.165, 1.54) is 22.9 Å². The molecule has 33 heavy (non-hydrogen) atoms. The third-order valence-electron chi connectivity index (χ3n) is 5.66. The fourth-order valence-electron chi connectivity index (χ4n) is 3.84. The van der Waals surface area contributed by atoms with Crippen LogP contribution in [0.5, 0.6) is 5.88 Å². The Morgan fingerprint density at radius 3 is 2.79 bits per heavy atom. The summed E-state index contributed by atoms with van der Waals surface area (Å²) in [5, 5.41) is 26.9. The Kier molecular flexibility index (Phi) is 6.52. The standard InChI is InChI=1S/C22H29N5O6/c1-13(2)10-26-20-14(3-6-17(29)25-7-8-33-16(11-25)12-28)9-23-27(20)22(32)18(21(26)31)19(30)24-15-4-5-15/h3,6,9,13,15-16,28,32H,4-5,7-8,10-12H2,1-2H3,(H,24,30)/b6-3+/t16-/m0/s1. The molecule has 3 heterocycles. The number of morpholine rings is 1. The summed E-state index contributed by atoms with van der Waals surface area (Å²) in [5.41, 5.74) is -0.189. The van der Waals surface area contributed by atoms with Gasteiger partial charge < -0.3 is 25.2 Å². The van der Waals surface area contributed by atoms with Crippen LogP contribution < -0.4 is 10.9 Å². The first-order valence-electron chi connectivity index (χ1n) is 11.1. The summed E-state index contributed by atoms with van der Waals surface area (Å²) in [5.74, 6) is -1.34. The molecule has 11 nitrogen and oxygen atoms in total. The van der Waals surface area contributed by atoms with Crippen molar-refractivity contribution in [2.75, 3.05) is 26.3 Å². The highest BCUT2D eigenvalue weighted by Crippen LogP contribution is 2.23. The number of aliphatic hydroxyl groups is 1. The summed E-state index contributed by atoms with van der Waals surface area (Å²) in [6.45, 7) is 5.04. The van der Waals surface area contributed by atoms with Gasteiger partial charge in [0.2, 0.25) is 11.8 Å². The van der Waals surface area contributed by atoms with Crippen LogP contribution in [-0.2, 0) is 16.1 Å². The molecule has 2 aromatic heterocycles. The lowest BCUT2D eigenvalue weighted by Crippen LogP contribution is -2.46. The molecule has 1 saturated carbocycles. The lowest BCUT2D eigenvalue weighted by molar-refractivity contribution is -0.134. The van der Waals surface area contributed by atoms with Crippen molar-refractivity contribution in [3.8, 4) is 5.88 Å². The lowest BCUT2D eigenvalue weighted by Gasteiger charge is -2.31. The molecule has 0 unspecified atom stereocenters. The average molecular weight is 460 g/mol. The Bertz CT molecular complexity index is 1150. The van der Waals surface area contributed by atoms with Gasteiger partial charge in [-0.2, -0.15) is 9.61 Å². The number of hydrogen-bond acceptors (Lipinski definition) is 7. The highest BCUT2D eigenvalue weighted by atomic mass is 16.5. The zero-order chi connectivity index (χ0) is 23.7. The van der Waals surface area contributed by atoms with Crippen molar-refractivity contribution in [2.24, 2.45) is 5.92 Å². The minimum absolute atomic E-state index is 0.0262. The maximum Gasteiger partial charge on any atom is 0.270 e. The molecule has 2 aromatic rings. The quantitative estimate of drug-likeness (QED) is 0.495. The predicted octanol–water partition coefficient (Wildman–Crippen LogP) is -0.0173. The summed E-state index contributed by atoms with van der Waals surface area (Å²) < 4.78 is 7.95. The summed E-state index contributed by atoms with van der Waals surface area (Å²) in [4.78, 5) is 40.1. The molecule has 2 amide bonds. The van der Waals surface area contributed by atoms with Crippen molar-refractivity contribution in [1.29, 1.82) is 0 Å². The molecule has 11 heteroatoms. The Balaban J connectivity index is 1.71. The van der Waals surface area contributed by atoms with E-state index in [-0.39, 0.29) is 36.6 Å². The highest BCUT2D eigenvalue weighted by Gasteiger charge is 2.30. The smallest absolute Gasteiger partial charge is 0.270 e. The Morgan fingerprint density at radius 1 is 1.36 bits per heavy atom. The topological polar surface area (TPSA) is 138 Å². The molecule has 0 spiro atoms. The molecule has 1 aliphatic heterocycles. The van der Waals surface area contributed by atoms with Gasteiger partial charge in [0.25, 0.3) is 11.5 Å². The number of aliphatic hydroxyl groups excluding tert-OH is 1. The number of aromatic hydroxyl groups is 1.